The number of rotatable bonds is 3. The third-order valence-corrected chi connectivity index (χ3v) is 3.46. The summed E-state index contributed by atoms with van der Waals surface area (Å²) in [5.41, 5.74) is 0.929. The molecule has 1 amide bonds. The minimum atomic E-state index is -0.540. The van der Waals surface area contributed by atoms with E-state index in [4.69, 9.17) is 4.74 Å². The summed E-state index contributed by atoms with van der Waals surface area (Å²) < 4.78 is 5.24. The van der Waals surface area contributed by atoms with Crippen molar-refractivity contribution in [1.29, 1.82) is 0 Å². The zero-order valence-corrected chi connectivity index (χ0v) is 11.2. The molecule has 0 bridgehead atoms. The van der Waals surface area contributed by atoms with Gasteiger partial charge in [-0.3, -0.25) is 10.1 Å². The largest absolute Gasteiger partial charge is 0.445 e. The van der Waals surface area contributed by atoms with Crippen LogP contribution in [0.5, 0.6) is 0 Å². The van der Waals surface area contributed by atoms with E-state index in [0.717, 1.165) is 5.56 Å². The number of hydrogen-bond acceptors (Lipinski definition) is 4. The highest BCUT2D eigenvalue weighted by atomic mass is 16.6. The topological polar surface area (TPSA) is 72.7 Å². The molecule has 0 saturated carbocycles. The molecule has 0 aliphatic carbocycles. The minimum Gasteiger partial charge on any atom is -0.445 e. The highest BCUT2D eigenvalue weighted by Crippen LogP contribution is 2.14. The second-order valence-electron chi connectivity index (χ2n) is 4.90. The molecule has 108 valence electrons. The molecular weight excluding hydrogens is 260 g/mol. The van der Waals surface area contributed by atoms with E-state index < -0.39 is 12.1 Å². The number of hydrogen-bond donors (Lipinski definition) is 0. The van der Waals surface area contributed by atoms with Crippen molar-refractivity contribution in [3.05, 3.63) is 46.0 Å². The molecule has 6 nitrogen and oxygen atoms in total. The maximum atomic E-state index is 11.9. The summed E-state index contributed by atoms with van der Waals surface area (Å²) in [6.45, 7) is 1.14. The lowest BCUT2D eigenvalue weighted by Gasteiger charge is -2.19. The lowest BCUT2D eigenvalue weighted by atomic mass is 10.1. The molecule has 2 rings (SSSR count). The Morgan fingerprint density at radius 3 is 2.75 bits per heavy atom. The fourth-order valence-corrected chi connectivity index (χ4v) is 2.28. The van der Waals surface area contributed by atoms with Gasteiger partial charge >= 0.3 is 6.09 Å². The third-order valence-electron chi connectivity index (χ3n) is 3.46. The van der Waals surface area contributed by atoms with Crippen LogP contribution in [0.1, 0.15) is 24.8 Å². The standard InChI is InChI=1S/C14H18N2O4/c17-14(20-11-12-5-2-1-3-6-12)15-9-4-7-13(8-10-15)16(18)19/h1-3,5-6,13H,4,7-11H2/t13-/m0/s1. The second kappa shape index (κ2) is 6.88. The van der Waals surface area contributed by atoms with Crippen LogP contribution in [0.4, 0.5) is 4.79 Å². The number of carbonyl (C=O) groups is 1. The van der Waals surface area contributed by atoms with Crippen molar-refractivity contribution in [2.24, 2.45) is 0 Å². The maximum Gasteiger partial charge on any atom is 0.410 e. The van der Waals surface area contributed by atoms with Gasteiger partial charge in [0.05, 0.1) is 0 Å². The first kappa shape index (κ1) is 14.3. The van der Waals surface area contributed by atoms with E-state index in [1.54, 1.807) is 4.90 Å². The number of nitrogens with zero attached hydrogens (tertiary/aromatic N) is 2. The van der Waals surface area contributed by atoms with Crippen molar-refractivity contribution in [2.45, 2.75) is 31.9 Å². The summed E-state index contributed by atoms with van der Waals surface area (Å²) in [5.74, 6) is 0. The quantitative estimate of drug-likeness (QED) is 0.629. The first-order valence-electron chi connectivity index (χ1n) is 6.76. The average Bonchev–Trinajstić information content (AvgIpc) is 2.72. The Bertz CT molecular complexity index is 464. The molecule has 1 atom stereocenters. The Labute approximate surface area is 117 Å². The fraction of sp³-hybridized carbons (Fsp3) is 0.500. The first-order valence-corrected chi connectivity index (χ1v) is 6.76. The zero-order valence-electron chi connectivity index (χ0n) is 11.2. The number of ether oxygens (including phenoxy) is 1. The van der Waals surface area contributed by atoms with E-state index in [2.05, 4.69) is 0 Å². The van der Waals surface area contributed by atoms with Gasteiger partial charge in [-0.1, -0.05) is 30.3 Å². The van der Waals surface area contributed by atoms with E-state index in [9.17, 15) is 14.9 Å². The third kappa shape index (κ3) is 3.94. The van der Waals surface area contributed by atoms with E-state index >= 15 is 0 Å². The summed E-state index contributed by atoms with van der Waals surface area (Å²) in [6, 6.07) is 8.91. The van der Waals surface area contributed by atoms with Crippen molar-refractivity contribution in [3.8, 4) is 0 Å². The van der Waals surface area contributed by atoms with Gasteiger partial charge < -0.3 is 9.64 Å². The van der Waals surface area contributed by atoms with Gasteiger partial charge in [-0.15, -0.1) is 0 Å². The van der Waals surface area contributed by atoms with Crippen LogP contribution in [-0.4, -0.2) is 35.0 Å². The van der Waals surface area contributed by atoms with E-state index in [1.165, 1.54) is 0 Å². The first-order chi connectivity index (χ1) is 9.66. The van der Waals surface area contributed by atoms with Gasteiger partial charge in [0.15, 0.2) is 0 Å². The van der Waals surface area contributed by atoms with Crippen LogP contribution in [0.25, 0.3) is 0 Å². The van der Waals surface area contributed by atoms with Crippen LogP contribution in [0.15, 0.2) is 30.3 Å². The summed E-state index contributed by atoms with van der Waals surface area (Å²) >= 11 is 0. The summed E-state index contributed by atoms with van der Waals surface area (Å²) in [4.78, 5) is 24.0. The predicted octanol–water partition coefficient (Wildman–Crippen LogP) is 2.45. The molecule has 1 aromatic carbocycles. The fourth-order valence-electron chi connectivity index (χ4n) is 2.28. The normalized spacial score (nSPS) is 19.2. The minimum absolute atomic E-state index is 0.231. The number of nitro groups is 1. The van der Waals surface area contributed by atoms with Crippen LogP contribution in [0.3, 0.4) is 0 Å². The molecule has 1 aliphatic rings. The van der Waals surface area contributed by atoms with Crippen molar-refractivity contribution >= 4 is 6.09 Å². The van der Waals surface area contributed by atoms with Gasteiger partial charge in [-0.2, -0.15) is 0 Å². The monoisotopic (exact) mass is 278 g/mol. The van der Waals surface area contributed by atoms with Crippen molar-refractivity contribution < 1.29 is 14.5 Å². The molecule has 0 aromatic heterocycles. The molecule has 0 radical (unpaired) electrons. The van der Waals surface area contributed by atoms with Crippen LogP contribution < -0.4 is 0 Å². The van der Waals surface area contributed by atoms with Gasteiger partial charge in [0.1, 0.15) is 6.61 Å². The molecule has 1 heterocycles. The molecule has 1 aromatic rings. The Morgan fingerprint density at radius 1 is 1.30 bits per heavy atom. The summed E-state index contributed by atoms with van der Waals surface area (Å²) in [7, 11) is 0. The van der Waals surface area contributed by atoms with Crippen LogP contribution in [-0.2, 0) is 11.3 Å². The van der Waals surface area contributed by atoms with Gasteiger partial charge in [0.2, 0.25) is 6.04 Å². The predicted molar refractivity (Wildman–Crippen MR) is 72.8 cm³/mol. The molecule has 1 saturated heterocycles. The van der Waals surface area contributed by atoms with Crippen LogP contribution >= 0.6 is 0 Å². The average molecular weight is 278 g/mol. The summed E-state index contributed by atoms with van der Waals surface area (Å²) in [6.07, 6.45) is 1.17. The number of likely N-dealkylation sites (tertiary alicyclic amines) is 1. The van der Waals surface area contributed by atoms with Crippen molar-refractivity contribution in [2.75, 3.05) is 13.1 Å². The van der Waals surface area contributed by atoms with E-state index in [-0.39, 0.29) is 11.5 Å². The Balaban J connectivity index is 1.82. The van der Waals surface area contributed by atoms with Gasteiger partial charge in [0, 0.05) is 30.9 Å². The highest BCUT2D eigenvalue weighted by Gasteiger charge is 2.27. The Hall–Kier alpha value is -2.11. The lowest BCUT2D eigenvalue weighted by molar-refractivity contribution is -0.523. The van der Waals surface area contributed by atoms with Gasteiger partial charge in [-0.05, 0) is 12.0 Å². The molecule has 1 fully saturated rings. The second-order valence-corrected chi connectivity index (χ2v) is 4.90. The molecule has 0 spiro atoms. The van der Waals surface area contributed by atoms with Crippen LogP contribution in [0.2, 0.25) is 0 Å². The van der Waals surface area contributed by atoms with Gasteiger partial charge in [0.25, 0.3) is 0 Å². The smallest absolute Gasteiger partial charge is 0.410 e. The molecule has 6 heteroatoms. The van der Waals surface area contributed by atoms with Crippen molar-refractivity contribution in [3.63, 3.8) is 0 Å². The molecule has 1 aliphatic heterocycles. The van der Waals surface area contributed by atoms with E-state index in [0.29, 0.717) is 32.4 Å². The van der Waals surface area contributed by atoms with Gasteiger partial charge in [-0.25, -0.2) is 4.79 Å². The summed E-state index contributed by atoms with van der Waals surface area (Å²) in [5, 5.41) is 10.8. The maximum absolute atomic E-state index is 11.9. The molecule has 0 N–H and O–H groups in total. The lowest BCUT2D eigenvalue weighted by Crippen LogP contribution is -2.33. The van der Waals surface area contributed by atoms with Crippen molar-refractivity contribution in [1.82, 2.24) is 4.90 Å². The van der Waals surface area contributed by atoms with Crippen LogP contribution in [0, 0.1) is 10.1 Å². The Morgan fingerprint density at radius 2 is 2.05 bits per heavy atom. The number of amides is 1. The highest BCUT2D eigenvalue weighted by molar-refractivity contribution is 5.67. The number of carbonyl (C=O) groups excluding carboxylic acids is 1. The zero-order chi connectivity index (χ0) is 14.4. The Kier molecular flexibility index (Phi) is 4.92. The van der Waals surface area contributed by atoms with E-state index in [1.807, 2.05) is 30.3 Å². The molecular formula is C14H18N2O4. The SMILES string of the molecule is O=C(OCc1ccccc1)N1CCC[C@H]([N+](=O)[O-])CC1. The molecule has 20 heavy (non-hydrogen) atoms. The number of benzene rings is 1. The molecule has 0 unspecified atom stereocenters.